The number of fused-ring (bicyclic) bond motifs is 1. The number of aryl methyl sites for hydroxylation is 2. The zero-order valence-electron chi connectivity index (χ0n) is 18.4. The quantitative estimate of drug-likeness (QED) is 0.296. The van der Waals surface area contributed by atoms with Gasteiger partial charge in [0.1, 0.15) is 4.83 Å². The van der Waals surface area contributed by atoms with Crippen LogP contribution in [0.5, 0.6) is 0 Å². The van der Waals surface area contributed by atoms with Crippen LogP contribution in [0.15, 0.2) is 89.3 Å². The maximum absolute atomic E-state index is 13.3. The van der Waals surface area contributed by atoms with Gasteiger partial charge in [-0.1, -0.05) is 66.7 Å². The largest absolute Gasteiger partial charge is 0.292 e. The van der Waals surface area contributed by atoms with Gasteiger partial charge in [-0.05, 0) is 47.7 Å². The predicted molar refractivity (Wildman–Crippen MR) is 135 cm³/mol. The molecule has 0 saturated carbocycles. The van der Waals surface area contributed by atoms with Gasteiger partial charge in [-0.15, -0.1) is 11.3 Å². The summed E-state index contributed by atoms with van der Waals surface area (Å²) in [5.41, 5.74) is 6.67. The second kappa shape index (κ2) is 8.60. The van der Waals surface area contributed by atoms with Gasteiger partial charge in [0.15, 0.2) is 5.78 Å². The third-order valence-electron chi connectivity index (χ3n) is 6.01. The van der Waals surface area contributed by atoms with Crippen LogP contribution < -0.4 is 5.56 Å². The molecule has 4 nitrogen and oxygen atoms in total. The second-order valence-electron chi connectivity index (χ2n) is 8.17. The predicted octanol–water partition coefficient (Wildman–Crippen LogP) is 6.29. The van der Waals surface area contributed by atoms with E-state index in [4.69, 9.17) is 0 Å². The van der Waals surface area contributed by atoms with Gasteiger partial charge in [-0.25, -0.2) is 4.98 Å². The Morgan fingerprint density at radius 3 is 2.30 bits per heavy atom. The fraction of sp³-hybridized carbons (Fsp3) is 0.107. The number of thiophene rings is 1. The highest BCUT2D eigenvalue weighted by Crippen LogP contribution is 2.32. The van der Waals surface area contributed by atoms with E-state index in [1.165, 1.54) is 22.2 Å². The van der Waals surface area contributed by atoms with Gasteiger partial charge in [0, 0.05) is 16.5 Å². The molecule has 3 aromatic carbocycles. The zero-order chi connectivity index (χ0) is 22.9. The van der Waals surface area contributed by atoms with Crippen LogP contribution in [0.3, 0.4) is 0 Å². The van der Waals surface area contributed by atoms with Crippen LogP contribution in [0.4, 0.5) is 0 Å². The molecule has 33 heavy (non-hydrogen) atoms. The Kier molecular flexibility index (Phi) is 5.48. The Morgan fingerprint density at radius 1 is 0.879 bits per heavy atom. The fourth-order valence-electron chi connectivity index (χ4n) is 3.93. The molecular formula is C28H22N2O2S. The van der Waals surface area contributed by atoms with Crippen molar-refractivity contribution in [3.63, 3.8) is 0 Å². The van der Waals surface area contributed by atoms with E-state index in [1.807, 2.05) is 67.8 Å². The number of carbonyl (C=O) groups is 1. The van der Waals surface area contributed by atoms with Gasteiger partial charge >= 0.3 is 0 Å². The van der Waals surface area contributed by atoms with Crippen LogP contribution in [0.2, 0.25) is 0 Å². The average molecular weight is 451 g/mol. The van der Waals surface area contributed by atoms with E-state index in [0.717, 1.165) is 33.4 Å². The third kappa shape index (κ3) is 4.03. The summed E-state index contributed by atoms with van der Waals surface area (Å²) < 4.78 is 1.41. The van der Waals surface area contributed by atoms with Crippen LogP contribution in [0, 0.1) is 13.8 Å². The highest BCUT2D eigenvalue weighted by atomic mass is 32.1. The lowest BCUT2D eigenvalue weighted by Gasteiger charge is -2.08. The molecule has 0 aliphatic rings. The Balaban J connectivity index is 1.49. The van der Waals surface area contributed by atoms with Crippen molar-refractivity contribution < 1.29 is 4.79 Å². The van der Waals surface area contributed by atoms with Crippen molar-refractivity contribution in [1.82, 2.24) is 9.55 Å². The molecule has 5 rings (SSSR count). The first-order chi connectivity index (χ1) is 16.0. The highest BCUT2D eigenvalue weighted by molar-refractivity contribution is 7.17. The molecule has 0 spiro atoms. The average Bonchev–Trinajstić information content (AvgIpc) is 3.28. The van der Waals surface area contributed by atoms with Crippen molar-refractivity contribution in [3.05, 3.63) is 112 Å². The molecule has 162 valence electrons. The zero-order valence-corrected chi connectivity index (χ0v) is 19.2. The van der Waals surface area contributed by atoms with Crippen molar-refractivity contribution in [2.75, 3.05) is 0 Å². The minimum absolute atomic E-state index is 0.0352. The van der Waals surface area contributed by atoms with E-state index in [9.17, 15) is 9.59 Å². The van der Waals surface area contributed by atoms with Crippen molar-refractivity contribution >= 4 is 27.3 Å². The Morgan fingerprint density at radius 2 is 1.58 bits per heavy atom. The van der Waals surface area contributed by atoms with E-state index < -0.39 is 0 Å². The monoisotopic (exact) mass is 450 g/mol. The highest BCUT2D eigenvalue weighted by Gasteiger charge is 2.16. The number of rotatable bonds is 5. The molecule has 0 N–H and O–H groups in total. The smallest absolute Gasteiger partial charge is 0.263 e. The van der Waals surface area contributed by atoms with E-state index in [2.05, 4.69) is 29.2 Å². The molecule has 0 radical (unpaired) electrons. The van der Waals surface area contributed by atoms with E-state index in [1.54, 1.807) is 0 Å². The first-order valence-corrected chi connectivity index (χ1v) is 11.6. The number of aromatic nitrogens is 2. The molecule has 0 bridgehead atoms. The summed E-state index contributed by atoms with van der Waals surface area (Å²) in [6.07, 6.45) is 1.47. The number of Topliss-reactive ketones (excluding diaryl/α,β-unsaturated/α-hetero) is 1. The van der Waals surface area contributed by atoms with Gasteiger partial charge < -0.3 is 0 Å². The standard InChI is InChI=1S/C28H22N2O2S/c1-18-8-9-23(14-19(18)2)25(31)15-30-17-29-27-26(28(30)32)24(16-33-27)22-12-10-21(11-13-22)20-6-4-3-5-7-20/h3-14,16-17H,15H2,1-2H3. The molecule has 0 aliphatic carbocycles. The second-order valence-corrected chi connectivity index (χ2v) is 9.03. The number of ketones is 1. The molecule has 0 amide bonds. The van der Waals surface area contributed by atoms with Crippen molar-refractivity contribution in [2.24, 2.45) is 0 Å². The summed E-state index contributed by atoms with van der Waals surface area (Å²) in [5, 5.41) is 2.52. The molecule has 5 aromatic rings. The summed E-state index contributed by atoms with van der Waals surface area (Å²) in [7, 11) is 0. The molecular weight excluding hydrogens is 428 g/mol. The van der Waals surface area contributed by atoms with Gasteiger partial charge in [0.05, 0.1) is 18.3 Å². The molecule has 0 aliphatic heterocycles. The van der Waals surface area contributed by atoms with E-state index in [0.29, 0.717) is 15.8 Å². The number of hydrogen-bond acceptors (Lipinski definition) is 4. The molecule has 0 fully saturated rings. The molecule has 0 unspecified atom stereocenters. The Hall–Kier alpha value is -3.83. The van der Waals surface area contributed by atoms with Gasteiger partial charge in [0.25, 0.3) is 5.56 Å². The Bertz CT molecular complexity index is 1530. The number of hydrogen-bond donors (Lipinski definition) is 0. The summed E-state index contributed by atoms with van der Waals surface area (Å²) >= 11 is 1.44. The van der Waals surface area contributed by atoms with Crippen molar-refractivity contribution in [1.29, 1.82) is 0 Å². The molecule has 0 saturated heterocycles. The summed E-state index contributed by atoms with van der Waals surface area (Å²) in [6, 6.07) is 24.0. The lowest BCUT2D eigenvalue weighted by Crippen LogP contribution is -2.24. The lowest BCUT2D eigenvalue weighted by atomic mass is 10.0. The van der Waals surface area contributed by atoms with Crippen LogP contribution in [0.1, 0.15) is 21.5 Å². The van der Waals surface area contributed by atoms with E-state index >= 15 is 0 Å². The number of carbonyl (C=O) groups excluding carboxylic acids is 1. The molecule has 2 aromatic heterocycles. The lowest BCUT2D eigenvalue weighted by molar-refractivity contribution is 0.0970. The number of benzene rings is 3. The maximum Gasteiger partial charge on any atom is 0.263 e. The van der Waals surface area contributed by atoms with Crippen molar-refractivity contribution in [2.45, 2.75) is 20.4 Å². The van der Waals surface area contributed by atoms with Crippen LogP contribution in [0.25, 0.3) is 32.5 Å². The van der Waals surface area contributed by atoms with Gasteiger partial charge in [0.2, 0.25) is 0 Å². The first-order valence-electron chi connectivity index (χ1n) is 10.7. The topological polar surface area (TPSA) is 52.0 Å². The summed E-state index contributed by atoms with van der Waals surface area (Å²) in [4.78, 5) is 31.3. The van der Waals surface area contributed by atoms with Crippen LogP contribution in [-0.4, -0.2) is 15.3 Å². The number of nitrogens with zero attached hydrogens (tertiary/aromatic N) is 2. The van der Waals surface area contributed by atoms with Gasteiger partial charge in [-0.2, -0.15) is 0 Å². The molecule has 5 heteroatoms. The van der Waals surface area contributed by atoms with Crippen LogP contribution in [-0.2, 0) is 6.54 Å². The molecule has 0 atom stereocenters. The third-order valence-corrected chi connectivity index (χ3v) is 6.89. The fourth-order valence-corrected chi connectivity index (χ4v) is 4.83. The SMILES string of the molecule is Cc1ccc(C(=O)Cn2cnc3scc(-c4ccc(-c5ccccc5)cc4)c3c2=O)cc1C. The summed E-state index contributed by atoms with van der Waals surface area (Å²) in [5.74, 6) is -0.106. The van der Waals surface area contributed by atoms with Gasteiger partial charge in [-0.3, -0.25) is 14.2 Å². The van der Waals surface area contributed by atoms with Crippen LogP contribution >= 0.6 is 11.3 Å². The minimum Gasteiger partial charge on any atom is -0.292 e. The summed E-state index contributed by atoms with van der Waals surface area (Å²) in [6.45, 7) is 3.95. The normalized spacial score (nSPS) is 11.1. The van der Waals surface area contributed by atoms with Crippen molar-refractivity contribution in [3.8, 4) is 22.3 Å². The minimum atomic E-state index is -0.194. The maximum atomic E-state index is 13.3. The Labute approximate surface area is 195 Å². The molecule has 2 heterocycles. The first kappa shape index (κ1) is 21.0. The van der Waals surface area contributed by atoms with E-state index in [-0.39, 0.29) is 17.9 Å².